The van der Waals surface area contributed by atoms with Gasteiger partial charge in [-0.1, -0.05) is 25.7 Å². The summed E-state index contributed by atoms with van der Waals surface area (Å²) in [5.74, 6) is 1.14. The summed E-state index contributed by atoms with van der Waals surface area (Å²) in [5.41, 5.74) is 0.686. The Morgan fingerprint density at radius 1 is 0.893 bits per heavy atom. The van der Waals surface area contributed by atoms with E-state index in [0.717, 1.165) is 12.8 Å². The average Bonchev–Trinajstić information content (AvgIpc) is 2.92. The fourth-order valence-corrected chi connectivity index (χ4v) is 3.90. The predicted octanol–water partition coefficient (Wildman–Crippen LogP) is 4.73. The number of rotatable bonds is 5. The molecule has 2 aromatic carbocycles. The highest BCUT2D eigenvalue weighted by Gasteiger charge is 2.14. The van der Waals surface area contributed by atoms with Crippen LogP contribution in [0.3, 0.4) is 0 Å². The Bertz CT molecular complexity index is 885. The van der Waals surface area contributed by atoms with Crippen molar-refractivity contribution >= 4 is 21.6 Å². The molecule has 2 aromatic rings. The molecule has 0 aromatic heterocycles. The third-order valence-corrected chi connectivity index (χ3v) is 5.92. The monoisotopic (exact) mass is 402 g/mol. The fraction of sp³-hybridized carbons (Fsp3) is 0.381. The fourth-order valence-electron chi connectivity index (χ4n) is 3.27. The molecule has 0 radical (unpaired) electrons. The summed E-state index contributed by atoms with van der Waals surface area (Å²) in [6.45, 7) is 0. The van der Waals surface area contributed by atoms with E-state index in [1.165, 1.54) is 44.1 Å². The minimum absolute atomic E-state index is 0.183. The van der Waals surface area contributed by atoms with E-state index in [9.17, 15) is 13.2 Å². The first kappa shape index (κ1) is 20.2. The summed E-state index contributed by atoms with van der Waals surface area (Å²) in [4.78, 5) is 12.4. The second-order valence-corrected chi connectivity index (χ2v) is 9.17. The number of benzene rings is 2. The number of amides is 2. The molecule has 0 heterocycles. The van der Waals surface area contributed by atoms with Crippen LogP contribution in [-0.4, -0.2) is 26.7 Å². The van der Waals surface area contributed by atoms with E-state index in [2.05, 4.69) is 10.6 Å². The van der Waals surface area contributed by atoms with Crippen LogP contribution in [-0.2, 0) is 9.84 Å². The normalized spacial score (nSPS) is 15.5. The number of urea groups is 1. The number of sulfone groups is 1. The molecule has 2 N–H and O–H groups in total. The van der Waals surface area contributed by atoms with E-state index >= 15 is 0 Å². The summed E-state index contributed by atoms with van der Waals surface area (Å²) >= 11 is 0. The van der Waals surface area contributed by atoms with Gasteiger partial charge in [0.25, 0.3) is 0 Å². The summed E-state index contributed by atoms with van der Waals surface area (Å²) in [5, 5.41) is 5.90. The number of carbonyl (C=O) groups is 1. The lowest BCUT2D eigenvalue weighted by Gasteiger charge is -2.16. The van der Waals surface area contributed by atoms with Gasteiger partial charge in [-0.25, -0.2) is 13.2 Å². The molecule has 2 amide bonds. The molecule has 0 bridgehead atoms. The van der Waals surface area contributed by atoms with E-state index < -0.39 is 9.84 Å². The first-order valence-electron chi connectivity index (χ1n) is 9.56. The highest BCUT2D eigenvalue weighted by atomic mass is 32.2. The van der Waals surface area contributed by atoms with Crippen LogP contribution in [0.4, 0.5) is 10.5 Å². The molecule has 28 heavy (non-hydrogen) atoms. The van der Waals surface area contributed by atoms with Gasteiger partial charge in [0.1, 0.15) is 11.5 Å². The zero-order chi connectivity index (χ0) is 20.0. The maximum Gasteiger partial charge on any atom is 0.319 e. The quantitative estimate of drug-likeness (QED) is 0.708. The predicted molar refractivity (Wildman–Crippen MR) is 110 cm³/mol. The van der Waals surface area contributed by atoms with E-state index in [4.69, 9.17) is 4.74 Å². The Morgan fingerprint density at radius 2 is 1.43 bits per heavy atom. The summed E-state index contributed by atoms with van der Waals surface area (Å²) < 4.78 is 28.7. The minimum atomic E-state index is -3.22. The van der Waals surface area contributed by atoms with Crippen molar-refractivity contribution in [3.05, 3.63) is 48.5 Å². The number of hydrogen-bond donors (Lipinski definition) is 2. The third kappa shape index (κ3) is 5.99. The van der Waals surface area contributed by atoms with Crippen LogP contribution in [0.5, 0.6) is 11.5 Å². The molecule has 1 aliphatic carbocycles. The Balaban J connectivity index is 1.53. The van der Waals surface area contributed by atoms with Gasteiger partial charge in [0.2, 0.25) is 0 Å². The molecule has 0 unspecified atom stereocenters. The van der Waals surface area contributed by atoms with Crippen LogP contribution in [0, 0.1) is 0 Å². The Hall–Kier alpha value is -2.54. The van der Waals surface area contributed by atoms with Crippen LogP contribution in [0.15, 0.2) is 53.4 Å². The van der Waals surface area contributed by atoms with E-state index in [1.54, 1.807) is 36.4 Å². The number of hydrogen-bond acceptors (Lipinski definition) is 4. The van der Waals surface area contributed by atoms with Gasteiger partial charge >= 0.3 is 6.03 Å². The van der Waals surface area contributed by atoms with E-state index in [-0.39, 0.29) is 17.0 Å². The third-order valence-electron chi connectivity index (χ3n) is 4.79. The molecule has 6 nitrogen and oxygen atoms in total. The lowest BCUT2D eigenvalue weighted by Crippen LogP contribution is -2.37. The molecule has 1 fully saturated rings. The topological polar surface area (TPSA) is 84.5 Å². The lowest BCUT2D eigenvalue weighted by atomic mass is 10.1. The lowest BCUT2D eigenvalue weighted by molar-refractivity contribution is 0.247. The number of carbonyl (C=O) groups excluding carboxylic acids is 1. The van der Waals surface area contributed by atoms with Gasteiger partial charge < -0.3 is 15.4 Å². The highest BCUT2D eigenvalue weighted by Crippen LogP contribution is 2.24. The molecule has 0 aliphatic heterocycles. The van der Waals surface area contributed by atoms with Crippen molar-refractivity contribution in [2.75, 3.05) is 11.6 Å². The van der Waals surface area contributed by atoms with Crippen LogP contribution in [0.25, 0.3) is 0 Å². The highest BCUT2D eigenvalue weighted by molar-refractivity contribution is 7.90. The zero-order valence-corrected chi connectivity index (χ0v) is 16.8. The van der Waals surface area contributed by atoms with Crippen molar-refractivity contribution in [1.29, 1.82) is 0 Å². The van der Waals surface area contributed by atoms with Crippen molar-refractivity contribution in [3.8, 4) is 11.5 Å². The Morgan fingerprint density at radius 3 is 1.96 bits per heavy atom. The first-order valence-corrected chi connectivity index (χ1v) is 11.4. The van der Waals surface area contributed by atoms with Crippen LogP contribution < -0.4 is 15.4 Å². The van der Waals surface area contributed by atoms with Gasteiger partial charge in [0, 0.05) is 18.0 Å². The molecule has 3 rings (SSSR count). The molecule has 1 aliphatic rings. The van der Waals surface area contributed by atoms with E-state index in [1.807, 2.05) is 0 Å². The number of ether oxygens (including phenoxy) is 1. The van der Waals surface area contributed by atoms with Crippen molar-refractivity contribution in [2.45, 2.75) is 49.5 Å². The summed E-state index contributed by atoms with van der Waals surface area (Å²) in [6, 6.07) is 13.4. The maximum atomic E-state index is 12.2. The minimum Gasteiger partial charge on any atom is -0.457 e. The van der Waals surface area contributed by atoms with Crippen LogP contribution in [0.2, 0.25) is 0 Å². The maximum absolute atomic E-state index is 12.2. The molecular formula is C21H26N2O4S. The Labute approximate surface area is 166 Å². The molecule has 0 atom stereocenters. The summed E-state index contributed by atoms with van der Waals surface area (Å²) in [6.07, 6.45) is 8.08. The molecule has 0 saturated heterocycles. The smallest absolute Gasteiger partial charge is 0.319 e. The zero-order valence-electron chi connectivity index (χ0n) is 16.0. The number of nitrogens with one attached hydrogen (secondary N) is 2. The van der Waals surface area contributed by atoms with Crippen molar-refractivity contribution in [3.63, 3.8) is 0 Å². The van der Waals surface area contributed by atoms with Gasteiger partial charge in [-0.15, -0.1) is 0 Å². The van der Waals surface area contributed by atoms with Crippen LogP contribution >= 0.6 is 0 Å². The second-order valence-electron chi connectivity index (χ2n) is 7.16. The summed E-state index contributed by atoms with van der Waals surface area (Å²) in [7, 11) is -3.22. The molecular weight excluding hydrogens is 376 g/mol. The van der Waals surface area contributed by atoms with Gasteiger partial charge in [0.15, 0.2) is 9.84 Å². The molecule has 150 valence electrons. The van der Waals surface area contributed by atoms with Gasteiger partial charge in [-0.2, -0.15) is 0 Å². The van der Waals surface area contributed by atoms with E-state index in [0.29, 0.717) is 17.2 Å². The van der Waals surface area contributed by atoms with Gasteiger partial charge in [0.05, 0.1) is 4.90 Å². The van der Waals surface area contributed by atoms with Crippen LogP contribution in [0.1, 0.15) is 38.5 Å². The largest absolute Gasteiger partial charge is 0.457 e. The SMILES string of the molecule is CS(=O)(=O)c1ccc(Oc2ccc(NC(=O)NC3CCCCCC3)cc2)cc1. The van der Waals surface area contributed by atoms with Gasteiger partial charge in [-0.05, 0) is 61.4 Å². The van der Waals surface area contributed by atoms with Crippen molar-refractivity contribution in [2.24, 2.45) is 0 Å². The molecule has 1 saturated carbocycles. The molecule has 7 heteroatoms. The first-order chi connectivity index (χ1) is 13.4. The number of anilines is 1. The van der Waals surface area contributed by atoms with Crippen molar-refractivity contribution in [1.82, 2.24) is 5.32 Å². The van der Waals surface area contributed by atoms with Crippen molar-refractivity contribution < 1.29 is 17.9 Å². The second kappa shape index (κ2) is 9.10. The van der Waals surface area contributed by atoms with Gasteiger partial charge in [-0.3, -0.25) is 0 Å². The Kier molecular flexibility index (Phi) is 6.57. The average molecular weight is 403 g/mol. The molecule has 0 spiro atoms. The standard InChI is InChI=1S/C21H26N2O4S/c1-28(25,26)20-14-12-19(13-15-20)27-18-10-8-17(9-11-18)23-21(24)22-16-6-4-2-3-5-7-16/h8-16H,2-7H2,1H3,(H2,22,23,24).